The van der Waals surface area contributed by atoms with Crippen molar-refractivity contribution in [2.24, 2.45) is 0 Å². The van der Waals surface area contributed by atoms with Crippen molar-refractivity contribution in [2.75, 3.05) is 32.1 Å². The first kappa shape index (κ1) is 15.6. The van der Waals surface area contributed by atoms with Crippen LogP contribution >= 0.6 is 15.9 Å². The summed E-state index contributed by atoms with van der Waals surface area (Å²) in [6.07, 6.45) is 0.595. The van der Waals surface area contributed by atoms with Gasteiger partial charge in [-0.15, -0.1) is 0 Å². The Labute approximate surface area is 117 Å². The minimum Gasteiger partial charge on any atom is -0.387 e. The Kier molecular flexibility index (Phi) is 5.78. The highest BCUT2D eigenvalue weighted by molar-refractivity contribution is 9.10. The van der Waals surface area contributed by atoms with Crippen LogP contribution in [0, 0.1) is 0 Å². The van der Waals surface area contributed by atoms with E-state index in [-0.39, 0.29) is 5.75 Å². The zero-order chi connectivity index (χ0) is 13.8. The molecule has 0 fully saturated rings. The van der Waals surface area contributed by atoms with Crippen molar-refractivity contribution in [2.45, 2.75) is 6.10 Å². The Morgan fingerprint density at radius 1 is 1.44 bits per heavy atom. The highest BCUT2D eigenvalue weighted by atomic mass is 79.9. The van der Waals surface area contributed by atoms with Gasteiger partial charge in [0.2, 0.25) is 0 Å². The fraction of sp³-hybridized carbons (Fsp3) is 0.500. The molecule has 0 heterocycles. The maximum Gasteiger partial charge on any atom is 0.148 e. The summed E-state index contributed by atoms with van der Waals surface area (Å²) in [5.41, 5.74) is 0.815. The molecule has 0 spiro atoms. The van der Waals surface area contributed by atoms with Crippen LogP contribution in [-0.4, -0.2) is 50.6 Å². The molecule has 1 unspecified atom stereocenters. The van der Waals surface area contributed by atoms with Crippen LogP contribution in [-0.2, 0) is 9.84 Å². The first-order chi connectivity index (χ1) is 8.28. The van der Waals surface area contributed by atoms with Gasteiger partial charge in [0, 0.05) is 23.8 Å². The molecule has 4 nitrogen and oxygen atoms in total. The maximum absolute atomic E-state index is 11.0. The third kappa shape index (κ3) is 5.95. The maximum atomic E-state index is 11.0. The van der Waals surface area contributed by atoms with Crippen LogP contribution in [0.2, 0.25) is 0 Å². The molecule has 1 aromatic rings. The molecule has 0 aliphatic rings. The van der Waals surface area contributed by atoms with Crippen LogP contribution < -0.4 is 0 Å². The topological polar surface area (TPSA) is 57.6 Å². The molecule has 1 rings (SSSR count). The van der Waals surface area contributed by atoms with Gasteiger partial charge in [-0.25, -0.2) is 8.42 Å². The Morgan fingerprint density at radius 3 is 2.67 bits per heavy atom. The van der Waals surface area contributed by atoms with Gasteiger partial charge in [0.1, 0.15) is 9.84 Å². The lowest BCUT2D eigenvalue weighted by Gasteiger charge is -2.20. The second-order valence-electron chi connectivity index (χ2n) is 4.46. The Balaban J connectivity index is 2.52. The van der Waals surface area contributed by atoms with Crippen LogP contribution in [0.3, 0.4) is 0 Å². The third-order valence-corrected chi connectivity index (χ3v) is 3.98. The van der Waals surface area contributed by atoms with Crippen LogP contribution in [0.1, 0.15) is 11.7 Å². The first-order valence-electron chi connectivity index (χ1n) is 5.58. The van der Waals surface area contributed by atoms with Gasteiger partial charge < -0.3 is 10.0 Å². The summed E-state index contributed by atoms with van der Waals surface area (Å²) in [4.78, 5) is 1.81. The van der Waals surface area contributed by atoms with Crippen molar-refractivity contribution in [1.82, 2.24) is 4.90 Å². The van der Waals surface area contributed by atoms with Gasteiger partial charge in [0.05, 0.1) is 11.9 Å². The lowest BCUT2D eigenvalue weighted by Crippen LogP contribution is -2.29. The van der Waals surface area contributed by atoms with Gasteiger partial charge in [-0.2, -0.15) is 0 Å². The summed E-state index contributed by atoms with van der Waals surface area (Å²) in [5.74, 6) is 0.106. The fourth-order valence-electron chi connectivity index (χ4n) is 1.53. The second kappa shape index (κ2) is 6.65. The predicted octanol–water partition coefficient (Wildman–Crippen LogP) is 1.46. The minimum absolute atomic E-state index is 0.106. The number of sulfone groups is 1. The molecule has 0 radical (unpaired) electrons. The van der Waals surface area contributed by atoms with E-state index >= 15 is 0 Å². The summed E-state index contributed by atoms with van der Waals surface area (Å²) < 4.78 is 23.0. The SMILES string of the molecule is CN(CCS(C)(=O)=O)CC(O)c1cccc(Br)c1. The molecule has 0 saturated carbocycles. The second-order valence-corrected chi connectivity index (χ2v) is 7.64. The van der Waals surface area contributed by atoms with E-state index in [1.54, 1.807) is 7.05 Å². The average molecular weight is 336 g/mol. The van der Waals surface area contributed by atoms with E-state index in [4.69, 9.17) is 0 Å². The van der Waals surface area contributed by atoms with E-state index < -0.39 is 15.9 Å². The van der Waals surface area contributed by atoms with Gasteiger partial charge in [0.15, 0.2) is 0 Å². The number of likely N-dealkylation sites (N-methyl/N-ethyl adjacent to an activating group) is 1. The van der Waals surface area contributed by atoms with Gasteiger partial charge in [-0.3, -0.25) is 0 Å². The molecule has 1 aromatic carbocycles. The largest absolute Gasteiger partial charge is 0.387 e. The molecular formula is C12H18BrNO3S. The molecule has 0 aromatic heterocycles. The number of halogens is 1. The van der Waals surface area contributed by atoms with Gasteiger partial charge in [0.25, 0.3) is 0 Å². The number of hydrogen-bond donors (Lipinski definition) is 1. The normalized spacial score (nSPS) is 13.8. The summed E-state index contributed by atoms with van der Waals surface area (Å²) in [6, 6.07) is 7.46. The molecule has 0 bridgehead atoms. The van der Waals surface area contributed by atoms with Crippen LogP contribution in [0.4, 0.5) is 0 Å². The van der Waals surface area contributed by atoms with Crippen molar-refractivity contribution in [1.29, 1.82) is 0 Å². The molecule has 0 aliphatic heterocycles. The van der Waals surface area contributed by atoms with Gasteiger partial charge in [-0.05, 0) is 24.7 Å². The highest BCUT2D eigenvalue weighted by Gasteiger charge is 2.12. The highest BCUT2D eigenvalue weighted by Crippen LogP contribution is 2.18. The molecule has 0 aliphatic carbocycles. The predicted molar refractivity (Wildman–Crippen MR) is 76.3 cm³/mol. The number of rotatable bonds is 6. The molecule has 0 saturated heterocycles. The van der Waals surface area contributed by atoms with Gasteiger partial charge in [-0.1, -0.05) is 28.1 Å². The summed E-state index contributed by atoms with van der Waals surface area (Å²) in [6.45, 7) is 0.829. The zero-order valence-electron chi connectivity index (χ0n) is 10.5. The number of benzene rings is 1. The van der Waals surface area contributed by atoms with E-state index in [0.717, 1.165) is 10.0 Å². The van der Waals surface area contributed by atoms with Crippen LogP contribution in [0.5, 0.6) is 0 Å². The van der Waals surface area contributed by atoms with Crippen molar-refractivity contribution in [3.8, 4) is 0 Å². The molecule has 102 valence electrons. The summed E-state index contributed by atoms with van der Waals surface area (Å²) in [5, 5.41) is 10.0. The van der Waals surface area contributed by atoms with Crippen molar-refractivity contribution in [3.63, 3.8) is 0 Å². The Morgan fingerprint density at radius 2 is 2.11 bits per heavy atom. The third-order valence-electron chi connectivity index (χ3n) is 2.56. The Hall–Kier alpha value is -0.430. The first-order valence-corrected chi connectivity index (χ1v) is 8.43. The molecular weight excluding hydrogens is 318 g/mol. The average Bonchev–Trinajstić information content (AvgIpc) is 2.25. The van der Waals surface area contributed by atoms with Crippen molar-refractivity contribution < 1.29 is 13.5 Å². The number of aliphatic hydroxyl groups is 1. The zero-order valence-corrected chi connectivity index (χ0v) is 12.9. The smallest absolute Gasteiger partial charge is 0.148 e. The van der Waals surface area contributed by atoms with E-state index in [1.807, 2.05) is 29.2 Å². The molecule has 1 atom stereocenters. The quantitative estimate of drug-likeness (QED) is 0.855. The van der Waals surface area contributed by atoms with Gasteiger partial charge >= 0.3 is 0 Å². The minimum atomic E-state index is -2.96. The monoisotopic (exact) mass is 335 g/mol. The molecule has 0 amide bonds. The number of aliphatic hydroxyl groups excluding tert-OH is 1. The van der Waals surface area contributed by atoms with Crippen molar-refractivity contribution >= 4 is 25.8 Å². The van der Waals surface area contributed by atoms with Crippen LogP contribution in [0.15, 0.2) is 28.7 Å². The van der Waals surface area contributed by atoms with E-state index in [2.05, 4.69) is 15.9 Å². The lowest BCUT2D eigenvalue weighted by atomic mass is 10.1. The lowest BCUT2D eigenvalue weighted by molar-refractivity contribution is 0.130. The fourth-order valence-corrected chi connectivity index (χ4v) is 2.59. The molecule has 6 heteroatoms. The van der Waals surface area contributed by atoms with E-state index in [0.29, 0.717) is 13.1 Å². The van der Waals surface area contributed by atoms with E-state index in [9.17, 15) is 13.5 Å². The standard InChI is InChI=1S/C12H18BrNO3S/c1-14(6-7-18(2,16)17)9-12(15)10-4-3-5-11(13)8-10/h3-5,8,12,15H,6-7,9H2,1-2H3. The number of nitrogens with zero attached hydrogens (tertiary/aromatic N) is 1. The van der Waals surface area contributed by atoms with Crippen molar-refractivity contribution in [3.05, 3.63) is 34.3 Å². The Bertz CT molecular complexity index is 490. The summed E-state index contributed by atoms with van der Waals surface area (Å²) >= 11 is 3.35. The summed E-state index contributed by atoms with van der Waals surface area (Å²) in [7, 11) is -1.16. The molecule has 1 N–H and O–H groups in total. The number of hydrogen-bond acceptors (Lipinski definition) is 4. The van der Waals surface area contributed by atoms with E-state index in [1.165, 1.54) is 6.26 Å². The molecule has 18 heavy (non-hydrogen) atoms. The van der Waals surface area contributed by atoms with Crippen LogP contribution in [0.25, 0.3) is 0 Å².